The van der Waals surface area contributed by atoms with Crippen LogP contribution in [0.3, 0.4) is 0 Å². The molecule has 1 fully saturated rings. The normalized spacial score (nSPS) is 18.2. The number of ether oxygens (including phenoxy) is 5. The van der Waals surface area contributed by atoms with E-state index in [-0.39, 0.29) is 43.6 Å². The SMILES string of the molecule is COCCOC(=O)OCOc1c2n(cc(C(=O)NCc3ccc(F)cc3F)c1=O)CC1OCCC(C)N1C2=O. The zero-order valence-electron chi connectivity index (χ0n) is 21.2. The fraction of sp³-hybridized carbons (Fsp3) is 0.440. The third-order valence-corrected chi connectivity index (χ3v) is 6.25. The molecule has 1 aromatic heterocycles. The minimum absolute atomic E-state index is 0.00455. The van der Waals surface area contributed by atoms with Crippen molar-refractivity contribution in [2.24, 2.45) is 0 Å². The first-order valence-corrected chi connectivity index (χ1v) is 12.1. The quantitative estimate of drug-likeness (QED) is 0.281. The highest BCUT2D eigenvalue weighted by atomic mass is 19.1. The second-order valence-corrected chi connectivity index (χ2v) is 8.79. The zero-order chi connectivity index (χ0) is 28.1. The van der Waals surface area contributed by atoms with Crippen LogP contribution in [0.5, 0.6) is 5.75 Å². The zero-order valence-corrected chi connectivity index (χ0v) is 21.2. The molecule has 2 atom stereocenters. The summed E-state index contributed by atoms with van der Waals surface area (Å²) < 4.78 is 54.1. The van der Waals surface area contributed by atoms with Gasteiger partial charge in [-0.2, -0.15) is 0 Å². The van der Waals surface area contributed by atoms with Gasteiger partial charge in [-0.1, -0.05) is 6.07 Å². The Kier molecular flexibility index (Phi) is 8.76. The van der Waals surface area contributed by atoms with Crippen molar-refractivity contribution in [3.8, 4) is 5.75 Å². The van der Waals surface area contributed by atoms with Crippen LogP contribution in [-0.4, -0.2) is 73.4 Å². The molecule has 2 aliphatic heterocycles. The highest BCUT2D eigenvalue weighted by Gasteiger charge is 2.41. The molecule has 0 spiro atoms. The van der Waals surface area contributed by atoms with E-state index in [9.17, 15) is 28.0 Å². The molecule has 1 N–H and O–H groups in total. The molecule has 4 rings (SSSR count). The summed E-state index contributed by atoms with van der Waals surface area (Å²) in [6.45, 7) is 1.29. The van der Waals surface area contributed by atoms with Gasteiger partial charge in [-0.15, -0.1) is 0 Å². The number of rotatable bonds is 9. The molecule has 3 heterocycles. The molecule has 2 unspecified atom stereocenters. The molecule has 2 amide bonds. The number of nitrogens with one attached hydrogen (secondary N) is 1. The lowest BCUT2D eigenvalue weighted by atomic mass is 10.1. The van der Waals surface area contributed by atoms with Gasteiger partial charge < -0.3 is 38.5 Å². The summed E-state index contributed by atoms with van der Waals surface area (Å²) in [5.74, 6) is -3.61. The first-order valence-electron chi connectivity index (χ1n) is 12.1. The lowest BCUT2D eigenvalue weighted by Gasteiger charge is -2.44. The van der Waals surface area contributed by atoms with E-state index in [4.69, 9.17) is 23.7 Å². The Hall–Kier alpha value is -4.04. The fourth-order valence-corrected chi connectivity index (χ4v) is 4.26. The lowest BCUT2D eigenvalue weighted by Crippen LogP contribution is -2.57. The maximum absolute atomic E-state index is 14.0. The van der Waals surface area contributed by atoms with E-state index in [1.54, 1.807) is 0 Å². The van der Waals surface area contributed by atoms with E-state index in [0.717, 1.165) is 12.1 Å². The van der Waals surface area contributed by atoms with E-state index in [1.165, 1.54) is 22.8 Å². The van der Waals surface area contributed by atoms with Crippen molar-refractivity contribution in [2.45, 2.75) is 38.7 Å². The highest BCUT2D eigenvalue weighted by Crippen LogP contribution is 2.30. The van der Waals surface area contributed by atoms with Crippen LogP contribution < -0.4 is 15.5 Å². The lowest BCUT2D eigenvalue weighted by molar-refractivity contribution is -0.112. The van der Waals surface area contributed by atoms with Crippen molar-refractivity contribution in [2.75, 3.05) is 33.7 Å². The van der Waals surface area contributed by atoms with Crippen molar-refractivity contribution >= 4 is 18.0 Å². The van der Waals surface area contributed by atoms with Crippen LogP contribution in [0.1, 0.15) is 39.8 Å². The summed E-state index contributed by atoms with van der Waals surface area (Å²) in [6.07, 6.45) is 0.0408. The van der Waals surface area contributed by atoms with Gasteiger partial charge in [-0.25, -0.2) is 13.6 Å². The molecule has 14 heteroatoms. The molecule has 0 saturated carbocycles. The summed E-state index contributed by atoms with van der Waals surface area (Å²) in [5.41, 5.74) is -1.52. The number of methoxy groups -OCH3 is 1. The van der Waals surface area contributed by atoms with Gasteiger partial charge in [0.25, 0.3) is 11.8 Å². The predicted molar refractivity (Wildman–Crippen MR) is 128 cm³/mol. The summed E-state index contributed by atoms with van der Waals surface area (Å²) in [5, 5.41) is 2.41. The highest BCUT2D eigenvalue weighted by molar-refractivity contribution is 5.99. The second-order valence-electron chi connectivity index (χ2n) is 8.79. The Labute approximate surface area is 221 Å². The van der Waals surface area contributed by atoms with Crippen molar-refractivity contribution < 1.29 is 46.8 Å². The Morgan fingerprint density at radius 3 is 2.72 bits per heavy atom. The van der Waals surface area contributed by atoms with E-state index in [2.05, 4.69) is 5.32 Å². The maximum Gasteiger partial charge on any atom is 0.511 e. The molecule has 1 aromatic carbocycles. The van der Waals surface area contributed by atoms with Crippen LogP contribution in [0.15, 0.2) is 29.2 Å². The number of carbonyl (C=O) groups excluding carboxylic acids is 3. The van der Waals surface area contributed by atoms with E-state index < -0.39 is 59.4 Å². The fourth-order valence-electron chi connectivity index (χ4n) is 4.26. The van der Waals surface area contributed by atoms with Gasteiger partial charge in [0.15, 0.2) is 11.9 Å². The van der Waals surface area contributed by atoms with Crippen LogP contribution >= 0.6 is 0 Å². The minimum Gasteiger partial charge on any atom is -0.451 e. The third-order valence-electron chi connectivity index (χ3n) is 6.25. The summed E-state index contributed by atoms with van der Waals surface area (Å²) in [4.78, 5) is 53.0. The molecule has 12 nitrogen and oxygen atoms in total. The van der Waals surface area contributed by atoms with Crippen LogP contribution in [0, 0.1) is 11.6 Å². The number of benzene rings is 1. The van der Waals surface area contributed by atoms with Crippen LogP contribution in [0.2, 0.25) is 0 Å². The number of aromatic nitrogens is 1. The van der Waals surface area contributed by atoms with E-state index in [0.29, 0.717) is 19.1 Å². The molecular weight excluding hydrogens is 524 g/mol. The van der Waals surface area contributed by atoms with Crippen molar-refractivity contribution in [1.82, 2.24) is 14.8 Å². The molecule has 0 bridgehead atoms. The first kappa shape index (κ1) is 28.0. The maximum atomic E-state index is 14.0. The summed E-state index contributed by atoms with van der Waals surface area (Å²) >= 11 is 0. The number of amides is 2. The van der Waals surface area contributed by atoms with Crippen LogP contribution in [0.4, 0.5) is 13.6 Å². The number of hydrogen-bond donors (Lipinski definition) is 1. The molecule has 0 radical (unpaired) electrons. The average molecular weight is 551 g/mol. The topological polar surface area (TPSA) is 135 Å². The van der Waals surface area contributed by atoms with Crippen LogP contribution in [0.25, 0.3) is 0 Å². The number of carbonyl (C=O) groups is 3. The van der Waals surface area contributed by atoms with Crippen molar-refractivity contribution in [3.63, 3.8) is 0 Å². The molecule has 0 aliphatic carbocycles. The average Bonchev–Trinajstić information content (AvgIpc) is 2.89. The van der Waals surface area contributed by atoms with E-state index in [1.807, 2.05) is 6.92 Å². The van der Waals surface area contributed by atoms with Crippen molar-refractivity contribution in [3.05, 3.63) is 63.1 Å². The predicted octanol–water partition coefficient (Wildman–Crippen LogP) is 1.78. The summed E-state index contributed by atoms with van der Waals surface area (Å²) in [6, 6.07) is 2.68. The summed E-state index contributed by atoms with van der Waals surface area (Å²) in [7, 11) is 1.42. The van der Waals surface area contributed by atoms with Gasteiger partial charge in [-0.3, -0.25) is 14.4 Å². The number of hydrogen-bond acceptors (Lipinski definition) is 9. The number of halogens is 2. The smallest absolute Gasteiger partial charge is 0.451 e. The monoisotopic (exact) mass is 551 g/mol. The van der Waals surface area contributed by atoms with Gasteiger partial charge in [0.05, 0.1) is 19.8 Å². The van der Waals surface area contributed by atoms with E-state index >= 15 is 0 Å². The second kappa shape index (κ2) is 12.2. The third kappa shape index (κ3) is 6.17. The first-order chi connectivity index (χ1) is 18.7. The molecule has 1 saturated heterocycles. The van der Waals surface area contributed by atoms with Gasteiger partial charge in [0, 0.05) is 37.5 Å². The Morgan fingerprint density at radius 1 is 1.18 bits per heavy atom. The number of fused-ring (bicyclic) bond motifs is 2. The molecule has 2 aliphatic rings. The van der Waals surface area contributed by atoms with Crippen LogP contribution in [-0.2, 0) is 32.0 Å². The molecular formula is C25H27F2N3O9. The largest absolute Gasteiger partial charge is 0.511 e. The van der Waals surface area contributed by atoms with Gasteiger partial charge in [0.1, 0.15) is 23.8 Å². The molecule has 2 aromatic rings. The van der Waals surface area contributed by atoms with Gasteiger partial charge in [-0.05, 0) is 19.4 Å². The Morgan fingerprint density at radius 2 is 1.97 bits per heavy atom. The Bertz CT molecular complexity index is 1320. The number of pyridine rings is 1. The van der Waals surface area contributed by atoms with Crippen molar-refractivity contribution in [1.29, 1.82) is 0 Å². The van der Waals surface area contributed by atoms with Gasteiger partial charge >= 0.3 is 6.16 Å². The minimum atomic E-state index is -1.10. The number of nitrogens with zero attached hydrogens (tertiary/aromatic N) is 2. The standard InChI is InChI=1S/C25H27F2N3O9/c1-14-5-6-36-19-12-29-11-17(23(32)28-10-15-3-4-16(26)9-18(15)27)21(31)22(20(29)24(33)30(14)19)38-13-39-25(34)37-8-7-35-2/h3-4,9,11,14,19H,5-8,10,12-13H2,1-2H3,(H,28,32). The Balaban J connectivity index is 1.61. The molecule has 210 valence electrons. The molecule has 39 heavy (non-hydrogen) atoms. The van der Waals surface area contributed by atoms with Gasteiger partial charge in [0.2, 0.25) is 18.0 Å².